The van der Waals surface area contributed by atoms with E-state index in [0.717, 1.165) is 59.9 Å². The highest BCUT2D eigenvalue weighted by atomic mass is 16.3. The summed E-state index contributed by atoms with van der Waals surface area (Å²) in [4.78, 5) is 14.5. The molecule has 0 saturated carbocycles. The van der Waals surface area contributed by atoms with Gasteiger partial charge < -0.3 is 10.2 Å². The molecule has 4 rings (SSSR count). The third-order valence-corrected chi connectivity index (χ3v) is 6.62. The van der Waals surface area contributed by atoms with Gasteiger partial charge in [-0.2, -0.15) is 0 Å². The summed E-state index contributed by atoms with van der Waals surface area (Å²) in [6, 6.07) is 15.6. The molecule has 1 aromatic heterocycles. The van der Waals surface area contributed by atoms with Crippen LogP contribution in [0.1, 0.15) is 60.4 Å². The summed E-state index contributed by atoms with van der Waals surface area (Å²) >= 11 is 0. The maximum Gasteiger partial charge on any atom is 0.167 e. The van der Waals surface area contributed by atoms with E-state index < -0.39 is 0 Å². The Hall–Kier alpha value is -3.73. The largest absolute Gasteiger partial charge is 0.508 e. The van der Waals surface area contributed by atoms with Crippen molar-refractivity contribution >= 4 is 0 Å². The molecule has 0 bridgehead atoms. The van der Waals surface area contributed by atoms with Gasteiger partial charge in [-0.3, -0.25) is 0 Å². The van der Waals surface area contributed by atoms with E-state index >= 15 is 0 Å². The minimum atomic E-state index is -0.0471. The fourth-order valence-electron chi connectivity index (χ4n) is 4.61. The van der Waals surface area contributed by atoms with Gasteiger partial charge in [0.1, 0.15) is 11.5 Å². The Balaban J connectivity index is 1.88. The van der Waals surface area contributed by atoms with Crippen LogP contribution in [0.25, 0.3) is 34.2 Å². The fourth-order valence-corrected chi connectivity index (χ4v) is 4.61. The van der Waals surface area contributed by atoms with E-state index in [-0.39, 0.29) is 11.5 Å². The highest BCUT2D eigenvalue weighted by molar-refractivity contribution is 5.73. The zero-order valence-corrected chi connectivity index (χ0v) is 21.9. The van der Waals surface area contributed by atoms with Gasteiger partial charge in [0.2, 0.25) is 0 Å². The van der Waals surface area contributed by atoms with Crippen molar-refractivity contribution in [1.82, 2.24) is 15.0 Å². The lowest BCUT2D eigenvalue weighted by atomic mass is 10.0. The van der Waals surface area contributed by atoms with E-state index in [0.29, 0.717) is 23.0 Å². The van der Waals surface area contributed by atoms with Crippen LogP contribution in [-0.2, 0) is 6.42 Å². The van der Waals surface area contributed by atoms with Crippen LogP contribution in [0.4, 0.5) is 0 Å². The summed E-state index contributed by atoms with van der Waals surface area (Å²) in [7, 11) is 0. The number of rotatable bonds is 8. The third-order valence-electron chi connectivity index (χ3n) is 6.62. The van der Waals surface area contributed by atoms with E-state index in [4.69, 9.17) is 15.0 Å². The van der Waals surface area contributed by atoms with Crippen molar-refractivity contribution < 1.29 is 10.2 Å². The number of phenolic OH excluding ortho intramolecular Hbond substituents is 2. The molecule has 0 radical (unpaired) electrons. The number of hydrogen-bond acceptors (Lipinski definition) is 5. The number of hydrogen-bond donors (Lipinski definition) is 2. The molecule has 0 amide bonds. The Morgan fingerprint density at radius 3 is 1.61 bits per heavy atom. The molecule has 36 heavy (non-hydrogen) atoms. The van der Waals surface area contributed by atoms with Gasteiger partial charge in [-0.25, -0.2) is 15.0 Å². The van der Waals surface area contributed by atoms with Crippen LogP contribution in [0, 0.1) is 27.7 Å². The topological polar surface area (TPSA) is 79.1 Å². The molecular weight excluding hydrogens is 446 g/mol. The number of phenols is 2. The van der Waals surface area contributed by atoms with Crippen LogP contribution in [-0.4, -0.2) is 25.2 Å². The monoisotopic (exact) mass is 481 g/mol. The number of nitrogens with zero attached hydrogens (tertiary/aromatic N) is 3. The summed E-state index contributed by atoms with van der Waals surface area (Å²) in [6.07, 6.45) is 5.13. The molecule has 3 aromatic carbocycles. The van der Waals surface area contributed by atoms with Gasteiger partial charge in [0.15, 0.2) is 17.5 Å². The number of unbranched alkanes of at least 4 members (excludes halogenated alkanes) is 3. The van der Waals surface area contributed by atoms with E-state index in [2.05, 4.69) is 58.9 Å². The molecule has 0 aliphatic carbocycles. The Morgan fingerprint density at radius 2 is 1.11 bits per heavy atom. The van der Waals surface area contributed by atoms with Crippen molar-refractivity contribution in [3.05, 3.63) is 76.3 Å². The van der Waals surface area contributed by atoms with Crippen molar-refractivity contribution in [2.45, 2.75) is 66.7 Å². The molecule has 5 heteroatoms. The number of benzene rings is 3. The van der Waals surface area contributed by atoms with Crippen molar-refractivity contribution in [1.29, 1.82) is 0 Å². The van der Waals surface area contributed by atoms with Crippen LogP contribution in [0.5, 0.6) is 11.5 Å². The second-order valence-corrected chi connectivity index (χ2v) is 9.75. The van der Waals surface area contributed by atoms with E-state index in [1.807, 2.05) is 18.2 Å². The van der Waals surface area contributed by atoms with Crippen LogP contribution >= 0.6 is 0 Å². The summed E-state index contributed by atoms with van der Waals surface area (Å²) < 4.78 is 0. The molecule has 0 unspecified atom stereocenters. The maximum atomic E-state index is 10.8. The predicted molar refractivity (Wildman–Crippen MR) is 146 cm³/mol. The SMILES string of the molecule is CCCCCCc1cc(-c2nc(-c3ccc(C)cc3C)nc(-c3ccc(C)cc3C)n2)c(O)cc1O. The first-order valence-corrected chi connectivity index (χ1v) is 12.7. The average molecular weight is 482 g/mol. The van der Waals surface area contributed by atoms with Gasteiger partial charge in [0, 0.05) is 17.2 Å². The van der Waals surface area contributed by atoms with E-state index in [9.17, 15) is 10.2 Å². The molecule has 1 heterocycles. The van der Waals surface area contributed by atoms with Crippen LogP contribution in [0.15, 0.2) is 48.5 Å². The molecule has 0 spiro atoms. The first-order chi connectivity index (χ1) is 17.3. The number of aryl methyl sites for hydroxylation is 5. The number of aromatic nitrogens is 3. The van der Waals surface area contributed by atoms with Gasteiger partial charge in [0.25, 0.3) is 0 Å². The van der Waals surface area contributed by atoms with Gasteiger partial charge in [-0.1, -0.05) is 73.7 Å². The van der Waals surface area contributed by atoms with Gasteiger partial charge >= 0.3 is 0 Å². The lowest BCUT2D eigenvalue weighted by Crippen LogP contribution is -2.03. The fraction of sp³-hybridized carbons (Fsp3) is 0.323. The van der Waals surface area contributed by atoms with Crippen molar-refractivity contribution in [2.75, 3.05) is 0 Å². The molecule has 0 fully saturated rings. The molecule has 2 N–H and O–H groups in total. The second-order valence-electron chi connectivity index (χ2n) is 9.75. The lowest BCUT2D eigenvalue weighted by molar-refractivity contribution is 0.446. The van der Waals surface area contributed by atoms with Crippen molar-refractivity contribution in [3.8, 4) is 45.7 Å². The first-order valence-electron chi connectivity index (χ1n) is 12.7. The Kier molecular flexibility index (Phi) is 7.68. The Morgan fingerprint density at radius 1 is 0.583 bits per heavy atom. The molecular formula is C31H35N3O2. The number of aromatic hydroxyl groups is 2. The summed E-state index contributed by atoms with van der Waals surface area (Å²) in [6.45, 7) is 10.4. The second kappa shape index (κ2) is 10.9. The summed E-state index contributed by atoms with van der Waals surface area (Å²) in [5, 5.41) is 21.3. The third kappa shape index (κ3) is 5.56. The zero-order chi connectivity index (χ0) is 25.8. The Labute approximate surface area is 213 Å². The predicted octanol–water partition coefficient (Wildman–Crippen LogP) is 7.64. The average Bonchev–Trinajstić information content (AvgIpc) is 2.82. The van der Waals surface area contributed by atoms with Crippen molar-refractivity contribution in [3.63, 3.8) is 0 Å². The smallest absolute Gasteiger partial charge is 0.167 e. The van der Waals surface area contributed by atoms with Gasteiger partial charge in [-0.05, 0) is 63.3 Å². The van der Waals surface area contributed by atoms with E-state index in [1.165, 1.54) is 17.2 Å². The minimum Gasteiger partial charge on any atom is -0.508 e. The molecule has 4 aromatic rings. The van der Waals surface area contributed by atoms with Crippen molar-refractivity contribution in [2.24, 2.45) is 0 Å². The summed E-state index contributed by atoms with van der Waals surface area (Å²) in [5.41, 5.74) is 7.63. The van der Waals surface area contributed by atoms with Crippen LogP contribution in [0.2, 0.25) is 0 Å². The van der Waals surface area contributed by atoms with Crippen LogP contribution in [0.3, 0.4) is 0 Å². The standard InChI is InChI=1S/C31H35N3O2/c1-6-7-8-9-10-23-17-26(28(36)18-27(23)35)31-33-29(24-13-11-19(2)15-21(24)4)32-30(34-31)25-14-12-20(3)16-22(25)5/h11-18,35-36H,6-10H2,1-5H3. The molecule has 0 atom stereocenters. The highest BCUT2D eigenvalue weighted by Gasteiger charge is 2.18. The molecule has 5 nitrogen and oxygen atoms in total. The van der Waals surface area contributed by atoms with Crippen LogP contribution < -0.4 is 0 Å². The summed E-state index contributed by atoms with van der Waals surface area (Å²) in [5.74, 6) is 1.57. The normalized spacial score (nSPS) is 11.1. The first kappa shape index (κ1) is 25.4. The maximum absolute atomic E-state index is 10.8. The van der Waals surface area contributed by atoms with Gasteiger partial charge in [0.05, 0.1) is 5.56 Å². The lowest BCUT2D eigenvalue weighted by Gasteiger charge is -2.14. The van der Waals surface area contributed by atoms with Gasteiger partial charge in [-0.15, -0.1) is 0 Å². The zero-order valence-electron chi connectivity index (χ0n) is 21.9. The molecule has 0 saturated heterocycles. The Bertz CT molecular complexity index is 1330. The molecule has 0 aliphatic heterocycles. The molecule has 0 aliphatic rings. The highest BCUT2D eigenvalue weighted by Crippen LogP contribution is 2.36. The minimum absolute atomic E-state index is 0.0471. The molecule has 186 valence electrons. The van der Waals surface area contributed by atoms with E-state index in [1.54, 1.807) is 0 Å². The quantitative estimate of drug-likeness (QED) is 0.253.